The molecule has 0 saturated heterocycles. The number of primary amides is 1. The largest absolute Gasteiger partial charge is 0.369 e. The maximum Gasteiger partial charge on any atom is 0.262 e. The van der Waals surface area contributed by atoms with Crippen molar-refractivity contribution in [3.05, 3.63) is 69.5 Å². The summed E-state index contributed by atoms with van der Waals surface area (Å²) in [5.74, 6) is -0.461. The number of hydrogen-bond acceptors (Lipinski definition) is 4. The van der Waals surface area contributed by atoms with Crippen molar-refractivity contribution >= 4 is 40.2 Å². The molecular formula is C18H16ClN3O2S. The summed E-state index contributed by atoms with van der Waals surface area (Å²) < 4.78 is 1.54. The third-order valence-electron chi connectivity index (χ3n) is 3.80. The third-order valence-corrected chi connectivity index (χ3v) is 5.27. The van der Waals surface area contributed by atoms with Gasteiger partial charge in [-0.15, -0.1) is 0 Å². The van der Waals surface area contributed by atoms with Gasteiger partial charge in [0.1, 0.15) is 0 Å². The van der Waals surface area contributed by atoms with Crippen LogP contribution in [0, 0.1) is 0 Å². The highest BCUT2D eigenvalue weighted by Gasteiger charge is 2.18. The Balaban J connectivity index is 2.16. The van der Waals surface area contributed by atoms with E-state index in [0.29, 0.717) is 21.1 Å². The maximum atomic E-state index is 13.0. The molecule has 0 spiro atoms. The van der Waals surface area contributed by atoms with E-state index in [9.17, 15) is 9.59 Å². The Morgan fingerprint density at radius 2 is 1.92 bits per heavy atom. The van der Waals surface area contributed by atoms with Gasteiger partial charge in [0, 0.05) is 5.02 Å². The number of benzene rings is 2. The van der Waals surface area contributed by atoms with Crippen LogP contribution in [0.2, 0.25) is 5.02 Å². The lowest BCUT2D eigenvalue weighted by atomic mass is 10.2. The van der Waals surface area contributed by atoms with Gasteiger partial charge < -0.3 is 5.73 Å². The van der Waals surface area contributed by atoms with Gasteiger partial charge >= 0.3 is 0 Å². The Bertz CT molecular complexity index is 1000. The van der Waals surface area contributed by atoms with Crippen LogP contribution >= 0.6 is 23.4 Å². The molecule has 3 rings (SSSR count). The molecule has 5 nitrogen and oxygen atoms in total. The second-order valence-corrected chi connectivity index (χ2v) is 7.27. The predicted molar refractivity (Wildman–Crippen MR) is 101 cm³/mol. The lowest BCUT2D eigenvalue weighted by Gasteiger charge is -2.15. The van der Waals surface area contributed by atoms with Crippen LogP contribution in [-0.2, 0) is 11.3 Å². The summed E-state index contributed by atoms with van der Waals surface area (Å²) in [7, 11) is 0. The Morgan fingerprint density at radius 3 is 2.64 bits per heavy atom. The predicted octanol–water partition coefficient (Wildman–Crippen LogP) is 3.06. The van der Waals surface area contributed by atoms with Crippen LogP contribution in [0.5, 0.6) is 0 Å². The third kappa shape index (κ3) is 3.70. The average Bonchev–Trinajstić information content (AvgIpc) is 2.59. The van der Waals surface area contributed by atoms with Crippen LogP contribution in [0.1, 0.15) is 12.5 Å². The van der Waals surface area contributed by atoms with Crippen molar-refractivity contribution < 1.29 is 4.79 Å². The standard InChI is InChI=1S/C18H16ClN3O2S/c1-11(16(20)23)25-18-21-15-9-5-3-7-13(15)17(24)22(18)10-12-6-2-4-8-14(12)19/h2-9,11H,10H2,1H3,(H2,20,23). The van der Waals surface area contributed by atoms with E-state index >= 15 is 0 Å². The molecule has 0 aliphatic rings. The summed E-state index contributed by atoms with van der Waals surface area (Å²) >= 11 is 7.40. The van der Waals surface area contributed by atoms with Gasteiger partial charge in [0.05, 0.1) is 22.7 Å². The number of para-hydroxylation sites is 1. The molecule has 1 aromatic heterocycles. The van der Waals surface area contributed by atoms with Gasteiger partial charge in [-0.3, -0.25) is 14.2 Å². The number of carbonyl (C=O) groups is 1. The average molecular weight is 374 g/mol. The fraction of sp³-hybridized carbons (Fsp3) is 0.167. The Morgan fingerprint density at radius 1 is 1.24 bits per heavy atom. The lowest BCUT2D eigenvalue weighted by molar-refractivity contribution is -0.117. The summed E-state index contributed by atoms with van der Waals surface area (Å²) in [5, 5.41) is 1.02. The van der Waals surface area contributed by atoms with Gasteiger partial charge in [0.15, 0.2) is 5.16 Å². The Kier molecular flexibility index (Phi) is 5.11. The fourth-order valence-corrected chi connectivity index (χ4v) is 3.44. The van der Waals surface area contributed by atoms with E-state index in [2.05, 4.69) is 4.98 Å². The number of hydrogen-bond donors (Lipinski definition) is 1. The highest BCUT2D eigenvalue weighted by atomic mass is 35.5. The van der Waals surface area contributed by atoms with Crippen molar-refractivity contribution in [1.29, 1.82) is 0 Å². The van der Waals surface area contributed by atoms with E-state index in [4.69, 9.17) is 17.3 Å². The Hall–Kier alpha value is -2.31. The van der Waals surface area contributed by atoms with Crippen molar-refractivity contribution in [2.75, 3.05) is 0 Å². The van der Waals surface area contributed by atoms with Crippen molar-refractivity contribution in [1.82, 2.24) is 9.55 Å². The molecule has 0 fully saturated rings. The van der Waals surface area contributed by atoms with Crippen LogP contribution in [0.15, 0.2) is 58.5 Å². The topological polar surface area (TPSA) is 78.0 Å². The molecule has 1 amide bonds. The fourth-order valence-electron chi connectivity index (χ4n) is 2.39. The molecule has 128 valence electrons. The first-order valence-electron chi connectivity index (χ1n) is 7.66. The molecular weight excluding hydrogens is 358 g/mol. The SMILES string of the molecule is CC(Sc1nc2ccccc2c(=O)n1Cc1ccccc1Cl)C(N)=O. The number of nitrogens with two attached hydrogens (primary N) is 1. The van der Waals surface area contributed by atoms with E-state index in [1.807, 2.05) is 24.3 Å². The van der Waals surface area contributed by atoms with Crippen molar-refractivity contribution in [2.24, 2.45) is 5.73 Å². The summed E-state index contributed by atoms with van der Waals surface area (Å²) in [4.78, 5) is 29.0. The van der Waals surface area contributed by atoms with Crippen LogP contribution in [0.25, 0.3) is 10.9 Å². The maximum absolute atomic E-state index is 13.0. The molecule has 1 atom stereocenters. The van der Waals surface area contributed by atoms with Crippen LogP contribution in [0.3, 0.4) is 0 Å². The van der Waals surface area contributed by atoms with Crippen LogP contribution in [0.4, 0.5) is 0 Å². The number of nitrogens with zero attached hydrogens (tertiary/aromatic N) is 2. The molecule has 2 aromatic carbocycles. The molecule has 0 aliphatic carbocycles. The van der Waals surface area contributed by atoms with Gasteiger partial charge in [0.25, 0.3) is 5.56 Å². The summed E-state index contributed by atoms with van der Waals surface area (Å²) in [6.45, 7) is 1.96. The number of fused-ring (bicyclic) bond motifs is 1. The second-order valence-electron chi connectivity index (χ2n) is 5.56. The van der Waals surface area contributed by atoms with Gasteiger partial charge in [-0.25, -0.2) is 4.98 Å². The second kappa shape index (κ2) is 7.29. The van der Waals surface area contributed by atoms with Crippen molar-refractivity contribution in [3.63, 3.8) is 0 Å². The van der Waals surface area contributed by atoms with Crippen molar-refractivity contribution in [3.8, 4) is 0 Å². The number of carbonyl (C=O) groups excluding carboxylic acids is 1. The van der Waals surface area contributed by atoms with E-state index in [1.165, 1.54) is 16.3 Å². The smallest absolute Gasteiger partial charge is 0.262 e. The molecule has 1 unspecified atom stereocenters. The van der Waals surface area contributed by atoms with E-state index in [-0.39, 0.29) is 12.1 Å². The summed E-state index contributed by atoms with van der Waals surface area (Å²) in [6, 6.07) is 14.4. The normalized spacial score (nSPS) is 12.2. The van der Waals surface area contributed by atoms with Gasteiger partial charge in [0.2, 0.25) is 5.91 Å². The van der Waals surface area contributed by atoms with Crippen LogP contribution < -0.4 is 11.3 Å². The number of thioether (sulfide) groups is 1. The molecule has 0 saturated carbocycles. The van der Waals surface area contributed by atoms with Gasteiger partial charge in [-0.1, -0.05) is 53.7 Å². The molecule has 0 aliphatic heterocycles. The first-order chi connectivity index (χ1) is 12.0. The zero-order valence-corrected chi connectivity index (χ0v) is 15.1. The minimum absolute atomic E-state index is 0.176. The minimum Gasteiger partial charge on any atom is -0.369 e. The summed E-state index contributed by atoms with van der Waals surface area (Å²) in [5.41, 5.74) is 6.58. The lowest BCUT2D eigenvalue weighted by Crippen LogP contribution is -2.27. The molecule has 1 heterocycles. The molecule has 2 N–H and O–H groups in total. The first kappa shape index (κ1) is 17.5. The minimum atomic E-state index is -0.509. The molecule has 0 bridgehead atoms. The number of aromatic nitrogens is 2. The molecule has 7 heteroatoms. The van der Waals surface area contributed by atoms with Crippen molar-refractivity contribution in [2.45, 2.75) is 23.9 Å². The summed E-state index contributed by atoms with van der Waals surface area (Å²) in [6.07, 6.45) is 0. The number of amides is 1. The van der Waals surface area contributed by atoms with Gasteiger partial charge in [-0.05, 0) is 30.7 Å². The van der Waals surface area contributed by atoms with E-state index in [0.717, 1.165) is 5.56 Å². The Labute approximate surface area is 153 Å². The zero-order valence-electron chi connectivity index (χ0n) is 13.5. The number of halogens is 1. The zero-order chi connectivity index (χ0) is 18.0. The van der Waals surface area contributed by atoms with Gasteiger partial charge in [-0.2, -0.15) is 0 Å². The van der Waals surface area contributed by atoms with E-state index < -0.39 is 11.2 Å². The molecule has 25 heavy (non-hydrogen) atoms. The van der Waals surface area contributed by atoms with Crippen LogP contribution in [-0.4, -0.2) is 20.7 Å². The molecule has 0 radical (unpaired) electrons. The number of rotatable bonds is 5. The highest BCUT2D eigenvalue weighted by molar-refractivity contribution is 8.00. The van der Waals surface area contributed by atoms with E-state index in [1.54, 1.807) is 31.2 Å². The first-order valence-corrected chi connectivity index (χ1v) is 8.92. The highest BCUT2D eigenvalue weighted by Crippen LogP contribution is 2.24. The molecule has 3 aromatic rings. The monoisotopic (exact) mass is 373 g/mol. The quantitative estimate of drug-likeness (QED) is 0.550.